The largest absolute Gasteiger partial charge is 0.573 e. The van der Waals surface area contributed by atoms with Crippen LogP contribution in [0.3, 0.4) is 0 Å². The molecule has 0 saturated carbocycles. The minimum absolute atomic E-state index is 0.0619. The maximum absolute atomic E-state index is 13.4. The zero-order chi connectivity index (χ0) is 23.6. The summed E-state index contributed by atoms with van der Waals surface area (Å²) in [6.45, 7) is 0.0619. The first kappa shape index (κ1) is 22.2. The van der Waals surface area contributed by atoms with Crippen molar-refractivity contribution in [3.63, 3.8) is 0 Å². The average molecular weight is 462 g/mol. The molecule has 0 radical (unpaired) electrons. The molecule has 6 nitrogen and oxygen atoms in total. The Labute approximate surface area is 184 Å². The Balaban J connectivity index is 1.55. The third-order valence-electron chi connectivity index (χ3n) is 4.73. The Bertz CT molecular complexity index is 1160. The highest BCUT2D eigenvalue weighted by molar-refractivity contribution is 6.07. The van der Waals surface area contributed by atoms with Crippen molar-refractivity contribution in [1.82, 2.24) is 9.99 Å². The van der Waals surface area contributed by atoms with Gasteiger partial charge in [0.15, 0.2) is 0 Å². The van der Waals surface area contributed by atoms with Gasteiger partial charge in [-0.15, -0.1) is 13.2 Å². The molecule has 3 aromatic rings. The van der Waals surface area contributed by atoms with Gasteiger partial charge in [0, 0.05) is 5.69 Å². The van der Waals surface area contributed by atoms with E-state index in [2.05, 4.69) is 20.1 Å². The summed E-state index contributed by atoms with van der Waals surface area (Å²) in [6.07, 6.45) is -3.78. The van der Waals surface area contributed by atoms with Crippen molar-refractivity contribution in [2.24, 2.45) is 5.10 Å². The highest BCUT2D eigenvalue weighted by Crippen LogP contribution is 2.29. The first-order chi connectivity index (χ1) is 15.7. The van der Waals surface area contributed by atoms with Gasteiger partial charge in [0.2, 0.25) is 0 Å². The SMILES string of the molecule is O=C(Nc1ccc(OC(F)(F)F)cc1)N1CC(c2ccc(F)cn2)C(c2ccc(F)cc2)=N1. The van der Waals surface area contributed by atoms with Gasteiger partial charge < -0.3 is 10.1 Å². The maximum Gasteiger partial charge on any atom is 0.573 e. The number of nitrogens with one attached hydrogen (secondary N) is 1. The highest BCUT2D eigenvalue weighted by Gasteiger charge is 2.34. The van der Waals surface area contributed by atoms with Crippen molar-refractivity contribution < 1.29 is 31.5 Å². The molecule has 1 aromatic heterocycles. The zero-order valence-corrected chi connectivity index (χ0v) is 16.7. The van der Waals surface area contributed by atoms with E-state index in [4.69, 9.17) is 0 Å². The second-order valence-electron chi connectivity index (χ2n) is 7.03. The molecule has 1 aliphatic heterocycles. The number of urea groups is 1. The molecule has 11 heteroatoms. The molecule has 1 unspecified atom stereocenters. The van der Waals surface area contributed by atoms with E-state index in [1.807, 2.05) is 0 Å². The van der Waals surface area contributed by atoms with Gasteiger partial charge in [-0.2, -0.15) is 5.10 Å². The van der Waals surface area contributed by atoms with Crippen LogP contribution in [0.1, 0.15) is 17.2 Å². The van der Waals surface area contributed by atoms with Crippen LogP contribution >= 0.6 is 0 Å². The Kier molecular flexibility index (Phi) is 5.95. The fourth-order valence-corrected chi connectivity index (χ4v) is 3.26. The molecular weight excluding hydrogens is 447 g/mol. The van der Waals surface area contributed by atoms with Crippen molar-refractivity contribution >= 4 is 17.4 Å². The molecule has 1 atom stereocenters. The van der Waals surface area contributed by atoms with Crippen molar-refractivity contribution in [2.45, 2.75) is 12.3 Å². The van der Waals surface area contributed by atoms with Crippen LogP contribution in [0.5, 0.6) is 5.75 Å². The molecule has 1 N–H and O–H groups in total. The number of hydrogen-bond acceptors (Lipinski definition) is 4. The van der Waals surface area contributed by atoms with Crippen LogP contribution in [-0.4, -0.2) is 34.6 Å². The molecule has 33 heavy (non-hydrogen) atoms. The molecule has 2 heterocycles. The number of carbonyl (C=O) groups excluding carboxylic acids is 1. The summed E-state index contributed by atoms with van der Waals surface area (Å²) >= 11 is 0. The van der Waals surface area contributed by atoms with Crippen molar-refractivity contribution in [1.29, 1.82) is 0 Å². The van der Waals surface area contributed by atoms with Crippen LogP contribution in [-0.2, 0) is 0 Å². The molecule has 0 fully saturated rings. The van der Waals surface area contributed by atoms with Gasteiger partial charge in [-0.1, -0.05) is 12.1 Å². The minimum Gasteiger partial charge on any atom is -0.406 e. The summed E-state index contributed by atoms with van der Waals surface area (Å²) in [6, 6.07) is 12.2. The normalized spacial score (nSPS) is 15.8. The third-order valence-corrected chi connectivity index (χ3v) is 4.73. The molecule has 2 amide bonds. The highest BCUT2D eigenvalue weighted by atomic mass is 19.4. The molecule has 1 aliphatic rings. The Morgan fingerprint density at radius 2 is 1.64 bits per heavy atom. The monoisotopic (exact) mass is 462 g/mol. The lowest BCUT2D eigenvalue weighted by Gasteiger charge is -2.16. The first-order valence-electron chi connectivity index (χ1n) is 9.58. The van der Waals surface area contributed by atoms with Crippen molar-refractivity contribution in [2.75, 3.05) is 11.9 Å². The number of alkyl halides is 3. The van der Waals surface area contributed by atoms with E-state index in [1.54, 1.807) is 0 Å². The van der Waals surface area contributed by atoms with Gasteiger partial charge in [-0.3, -0.25) is 4.98 Å². The van der Waals surface area contributed by atoms with Crippen LogP contribution < -0.4 is 10.1 Å². The second kappa shape index (κ2) is 8.85. The number of hydrazone groups is 1. The van der Waals surface area contributed by atoms with Crippen LogP contribution in [0.4, 0.5) is 32.4 Å². The summed E-state index contributed by atoms with van der Waals surface area (Å²) in [5.74, 6) is -1.91. The zero-order valence-electron chi connectivity index (χ0n) is 16.7. The standard InChI is InChI=1S/C22H15F5N4O2/c23-14-3-1-13(2-4-14)20-18(19-10-5-15(24)11-28-19)12-31(30-20)21(32)29-16-6-8-17(9-7-16)33-22(25,26)27/h1-11,18H,12H2,(H,29,32). The molecular formula is C22H15F5N4O2. The predicted octanol–water partition coefficient (Wildman–Crippen LogP) is 5.29. The van der Waals surface area contributed by atoms with E-state index in [1.165, 1.54) is 48.5 Å². The lowest BCUT2D eigenvalue weighted by molar-refractivity contribution is -0.274. The number of ether oxygens (including phenoxy) is 1. The smallest absolute Gasteiger partial charge is 0.406 e. The first-order valence-corrected chi connectivity index (χ1v) is 9.58. The predicted molar refractivity (Wildman–Crippen MR) is 109 cm³/mol. The van der Waals surface area contributed by atoms with Gasteiger partial charge in [0.25, 0.3) is 0 Å². The Hall–Kier alpha value is -4.02. The summed E-state index contributed by atoms with van der Waals surface area (Å²) in [5.41, 5.74) is 1.66. The quantitative estimate of drug-likeness (QED) is 0.536. The summed E-state index contributed by atoms with van der Waals surface area (Å²) in [5, 5.41) is 8.00. The number of halogens is 5. The summed E-state index contributed by atoms with van der Waals surface area (Å²) in [7, 11) is 0. The molecule has 0 saturated heterocycles. The molecule has 0 bridgehead atoms. The number of aromatic nitrogens is 1. The molecule has 0 aliphatic carbocycles. The number of rotatable bonds is 4. The number of hydrogen-bond donors (Lipinski definition) is 1. The molecule has 4 rings (SSSR count). The Morgan fingerprint density at radius 3 is 2.24 bits per heavy atom. The van der Waals surface area contributed by atoms with Crippen LogP contribution in [0.2, 0.25) is 0 Å². The van der Waals surface area contributed by atoms with Gasteiger partial charge in [-0.25, -0.2) is 18.6 Å². The van der Waals surface area contributed by atoms with E-state index in [9.17, 15) is 26.7 Å². The number of nitrogens with zero attached hydrogens (tertiary/aromatic N) is 3. The number of carbonyl (C=O) groups is 1. The number of amides is 2. The van der Waals surface area contributed by atoms with E-state index in [0.717, 1.165) is 23.3 Å². The summed E-state index contributed by atoms with van der Waals surface area (Å²) in [4.78, 5) is 16.8. The summed E-state index contributed by atoms with van der Waals surface area (Å²) < 4.78 is 67.4. The van der Waals surface area contributed by atoms with E-state index >= 15 is 0 Å². The molecule has 170 valence electrons. The Morgan fingerprint density at radius 1 is 0.970 bits per heavy atom. The van der Waals surface area contributed by atoms with Gasteiger partial charge in [0.05, 0.1) is 30.1 Å². The molecule has 0 spiro atoms. The number of pyridine rings is 1. The number of anilines is 1. The van der Waals surface area contributed by atoms with E-state index in [-0.39, 0.29) is 12.2 Å². The average Bonchev–Trinajstić information content (AvgIpc) is 3.21. The van der Waals surface area contributed by atoms with Crippen molar-refractivity contribution in [3.8, 4) is 5.75 Å². The fraction of sp³-hybridized carbons (Fsp3) is 0.136. The van der Waals surface area contributed by atoms with Gasteiger partial charge >= 0.3 is 12.4 Å². The van der Waals surface area contributed by atoms with E-state index < -0.39 is 35.7 Å². The lowest BCUT2D eigenvalue weighted by atomic mass is 9.94. The third kappa shape index (κ3) is 5.43. The van der Waals surface area contributed by atoms with Crippen molar-refractivity contribution in [3.05, 3.63) is 89.8 Å². The fourth-order valence-electron chi connectivity index (χ4n) is 3.26. The van der Waals surface area contributed by atoms with Crippen LogP contribution in [0.25, 0.3) is 0 Å². The second-order valence-corrected chi connectivity index (χ2v) is 7.03. The van der Waals surface area contributed by atoms with Gasteiger partial charge in [0.1, 0.15) is 17.4 Å². The minimum atomic E-state index is -4.82. The van der Waals surface area contributed by atoms with Crippen LogP contribution in [0, 0.1) is 11.6 Å². The number of benzene rings is 2. The lowest BCUT2D eigenvalue weighted by Crippen LogP contribution is -2.30. The maximum atomic E-state index is 13.4. The van der Waals surface area contributed by atoms with E-state index in [0.29, 0.717) is 17.0 Å². The topological polar surface area (TPSA) is 66.8 Å². The van der Waals surface area contributed by atoms with Crippen LogP contribution in [0.15, 0.2) is 72.0 Å². The molecule has 2 aromatic carbocycles. The van der Waals surface area contributed by atoms with Gasteiger partial charge in [-0.05, 0) is 54.1 Å².